The average Bonchev–Trinajstić information content (AvgIpc) is 3.25. The fourth-order valence-electron chi connectivity index (χ4n) is 3.88. The predicted molar refractivity (Wildman–Crippen MR) is 110 cm³/mol. The number of aryl methyl sites for hydroxylation is 1. The van der Waals surface area contributed by atoms with Crippen molar-refractivity contribution in [2.45, 2.75) is 19.5 Å². The molecule has 2 heterocycles. The lowest BCUT2D eigenvalue weighted by molar-refractivity contribution is 0.0591. The minimum atomic E-state index is 0.0304. The largest absolute Gasteiger partial charge is 0.335 e. The number of piperazine rings is 1. The molecule has 0 N–H and O–H groups in total. The number of carbonyl (C=O) groups excluding carboxylic acids is 1. The molecule has 5 nitrogen and oxygen atoms in total. The number of hydrogen-bond acceptors (Lipinski definition) is 3. The van der Waals surface area contributed by atoms with Gasteiger partial charge in [-0.2, -0.15) is 5.10 Å². The summed E-state index contributed by atoms with van der Waals surface area (Å²) < 4.78 is 1.80. The van der Waals surface area contributed by atoms with E-state index in [2.05, 4.69) is 70.7 Å². The maximum atomic E-state index is 12.8. The first-order valence-electron chi connectivity index (χ1n) is 9.93. The van der Waals surface area contributed by atoms with Gasteiger partial charge < -0.3 is 4.90 Å². The Bertz CT molecular complexity index is 859. The number of amides is 1. The molecule has 0 atom stereocenters. The molecule has 0 unspecified atom stereocenters. The minimum absolute atomic E-state index is 0.0304. The number of benzene rings is 2. The monoisotopic (exact) mass is 374 g/mol. The van der Waals surface area contributed by atoms with E-state index >= 15 is 0 Å². The lowest BCUT2D eigenvalue weighted by atomic mass is 9.96. The van der Waals surface area contributed by atoms with Crippen LogP contribution in [0.15, 0.2) is 72.9 Å². The standard InChI is InChI=1S/C23H26N4O/c1-2-27-14-13-21(24-27)23(28)26-17-15-25(16-18-26)22(19-9-5-3-6-10-19)20-11-7-4-8-12-20/h3-14,22H,2,15-18H2,1H3. The highest BCUT2D eigenvalue weighted by atomic mass is 16.2. The molecule has 0 spiro atoms. The first kappa shape index (κ1) is 18.4. The van der Waals surface area contributed by atoms with E-state index < -0.39 is 0 Å². The van der Waals surface area contributed by atoms with Crippen molar-refractivity contribution in [1.82, 2.24) is 19.6 Å². The molecule has 1 amide bonds. The molecule has 1 aliphatic rings. The number of nitrogens with zero attached hydrogens (tertiary/aromatic N) is 4. The molecule has 144 valence electrons. The molecule has 4 rings (SSSR count). The van der Waals surface area contributed by atoms with Crippen molar-refractivity contribution < 1.29 is 4.79 Å². The molecule has 3 aromatic rings. The van der Waals surface area contributed by atoms with E-state index in [4.69, 9.17) is 0 Å². The van der Waals surface area contributed by atoms with Crippen LogP contribution in [0.3, 0.4) is 0 Å². The van der Waals surface area contributed by atoms with Crippen molar-refractivity contribution in [3.8, 4) is 0 Å². The van der Waals surface area contributed by atoms with Crippen LogP contribution in [-0.4, -0.2) is 51.7 Å². The zero-order chi connectivity index (χ0) is 19.3. The maximum Gasteiger partial charge on any atom is 0.274 e. The van der Waals surface area contributed by atoms with Crippen molar-refractivity contribution in [1.29, 1.82) is 0 Å². The Labute approximate surface area is 166 Å². The molecule has 1 aliphatic heterocycles. The molecular formula is C23H26N4O. The van der Waals surface area contributed by atoms with Gasteiger partial charge in [-0.25, -0.2) is 0 Å². The van der Waals surface area contributed by atoms with Gasteiger partial charge in [0.05, 0.1) is 6.04 Å². The second kappa shape index (κ2) is 8.40. The second-order valence-electron chi connectivity index (χ2n) is 7.11. The Kier molecular flexibility index (Phi) is 5.53. The van der Waals surface area contributed by atoms with E-state index in [1.807, 2.05) is 24.1 Å². The third kappa shape index (κ3) is 3.85. The van der Waals surface area contributed by atoms with Gasteiger partial charge in [0.25, 0.3) is 5.91 Å². The molecule has 0 saturated carbocycles. The summed E-state index contributed by atoms with van der Waals surface area (Å²) in [6, 6.07) is 23.2. The van der Waals surface area contributed by atoms with Gasteiger partial charge in [-0.15, -0.1) is 0 Å². The Morgan fingerprint density at radius 2 is 1.46 bits per heavy atom. The molecule has 1 aromatic heterocycles. The van der Waals surface area contributed by atoms with Crippen LogP contribution in [-0.2, 0) is 6.54 Å². The lowest BCUT2D eigenvalue weighted by Crippen LogP contribution is -2.50. The van der Waals surface area contributed by atoms with E-state index in [0.717, 1.165) is 19.6 Å². The molecule has 1 saturated heterocycles. The van der Waals surface area contributed by atoms with Crippen LogP contribution in [0.1, 0.15) is 34.6 Å². The third-order valence-electron chi connectivity index (χ3n) is 5.38. The highest BCUT2D eigenvalue weighted by Crippen LogP contribution is 2.29. The predicted octanol–water partition coefficient (Wildman–Crippen LogP) is 3.45. The first-order chi connectivity index (χ1) is 13.8. The summed E-state index contributed by atoms with van der Waals surface area (Å²) in [4.78, 5) is 17.2. The summed E-state index contributed by atoms with van der Waals surface area (Å²) >= 11 is 0. The summed E-state index contributed by atoms with van der Waals surface area (Å²) in [6.07, 6.45) is 1.87. The fourth-order valence-corrected chi connectivity index (χ4v) is 3.88. The Morgan fingerprint density at radius 3 is 1.96 bits per heavy atom. The van der Waals surface area contributed by atoms with E-state index in [9.17, 15) is 4.79 Å². The van der Waals surface area contributed by atoms with Crippen LogP contribution in [0.4, 0.5) is 0 Å². The van der Waals surface area contributed by atoms with Gasteiger partial charge in [0, 0.05) is 38.9 Å². The smallest absolute Gasteiger partial charge is 0.274 e. The maximum absolute atomic E-state index is 12.8. The van der Waals surface area contributed by atoms with Crippen molar-refractivity contribution in [3.63, 3.8) is 0 Å². The topological polar surface area (TPSA) is 41.4 Å². The second-order valence-corrected chi connectivity index (χ2v) is 7.11. The molecule has 0 aliphatic carbocycles. The van der Waals surface area contributed by atoms with Crippen LogP contribution >= 0.6 is 0 Å². The Balaban J connectivity index is 1.49. The summed E-state index contributed by atoms with van der Waals surface area (Å²) in [5.41, 5.74) is 3.11. The fraction of sp³-hybridized carbons (Fsp3) is 0.304. The first-order valence-corrected chi connectivity index (χ1v) is 9.93. The van der Waals surface area contributed by atoms with Crippen LogP contribution in [0.5, 0.6) is 0 Å². The van der Waals surface area contributed by atoms with Crippen molar-refractivity contribution in [2.75, 3.05) is 26.2 Å². The van der Waals surface area contributed by atoms with Crippen LogP contribution in [0, 0.1) is 0 Å². The third-order valence-corrected chi connectivity index (χ3v) is 5.38. The average molecular weight is 374 g/mol. The highest BCUT2D eigenvalue weighted by molar-refractivity contribution is 5.92. The highest BCUT2D eigenvalue weighted by Gasteiger charge is 2.29. The summed E-state index contributed by atoms with van der Waals surface area (Å²) in [5, 5.41) is 4.37. The van der Waals surface area contributed by atoms with Crippen LogP contribution < -0.4 is 0 Å². The lowest BCUT2D eigenvalue weighted by Gasteiger charge is -2.39. The van der Waals surface area contributed by atoms with E-state index in [0.29, 0.717) is 18.8 Å². The van der Waals surface area contributed by atoms with E-state index in [1.165, 1.54) is 11.1 Å². The van der Waals surface area contributed by atoms with Gasteiger partial charge in [0.15, 0.2) is 0 Å². The Morgan fingerprint density at radius 1 is 0.893 bits per heavy atom. The zero-order valence-corrected chi connectivity index (χ0v) is 16.2. The van der Waals surface area contributed by atoms with E-state index in [1.54, 1.807) is 4.68 Å². The molecule has 2 aromatic carbocycles. The molecular weight excluding hydrogens is 348 g/mol. The molecule has 5 heteroatoms. The van der Waals surface area contributed by atoms with Crippen molar-refractivity contribution in [2.24, 2.45) is 0 Å². The van der Waals surface area contributed by atoms with Crippen LogP contribution in [0.25, 0.3) is 0 Å². The summed E-state index contributed by atoms with van der Waals surface area (Å²) in [5.74, 6) is 0.0304. The number of carbonyl (C=O) groups is 1. The minimum Gasteiger partial charge on any atom is -0.335 e. The molecule has 0 bridgehead atoms. The summed E-state index contributed by atoms with van der Waals surface area (Å²) in [7, 11) is 0. The van der Waals surface area contributed by atoms with Gasteiger partial charge in [-0.3, -0.25) is 14.4 Å². The van der Waals surface area contributed by atoms with Crippen molar-refractivity contribution in [3.05, 3.63) is 89.7 Å². The molecule has 28 heavy (non-hydrogen) atoms. The zero-order valence-electron chi connectivity index (χ0n) is 16.2. The molecule has 1 fully saturated rings. The van der Waals surface area contributed by atoms with E-state index in [-0.39, 0.29) is 11.9 Å². The Hall–Kier alpha value is -2.92. The van der Waals surface area contributed by atoms with Gasteiger partial charge in [-0.1, -0.05) is 60.7 Å². The van der Waals surface area contributed by atoms with Crippen LogP contribution in [0.2, 0.25) is 0 Å². The van der Waals surface area contributed by atoms with Gasteiger partial charge >= 0.3 is 0 Å². The quantitative estimate of drug-likeness (QED) is 0.687. The number of hydrogen-bond donors (Lipinski definition) is 0. The SMILES string of the molecule is CCn1ccc(C(=O)N2CCN(C(c3ccccc3)c3ccccc3)CC2)n1. The number of rotatable bonds is 5. The number of aromatic nitrogens is 2. The summed E-state index contributed by atoms with van der Waals surface area (Å²) in [6.45, 7) is 5.91. The van der Waals surface area contributed by atoms with Gasteiger partial charge in [-0.05, 0) is 24.1 Å². The molecule has 0 radical (unpaired) electrons. The van der Waals surface area contributed by atoms with Gasteiger partial charge in [0.1, 0.15) is 5.69 Å². The van der Waals surface area contributed by atoms with Crippen molar-refractivity contribution >= 4 is 5.91 Å². The van der Waals surface area contributed by atoms with Gasteiger partial charge in [0.2, 0.25) is 0 Å². The normalized spacial score (nSPS) is 15.1.